The van der Waals surface area contributed by atoms with Crippen LogP contribution in [0, 0.1) is 17.8 Å². The van der Waals surface area contributed by atoms with Crippen LogP contribution in [0.3, 0.4) is 0 Å². The molecule has 0 rings (SSSR count). The molecule has 1 nitrogen and oxygen atoms in total. The lowest BCUT2D eigenvalue weighted by atomic mass is 9.89. The standard InChI is InChI=1S/C7H11ClO/c1-4-6(9)7(2,3)5-8/h1,6,9H,5H2,2-3H3. The predicted octanol–water partition coefficient (Wildman–Crippen LogP) is 1.25. The highest BCUT2D eigenvalue weighted by atomic mass is 35.5. The first-order valence-corrected chi connectivity index (χ1v) is 3.28. The van der Waals surface area contributed by atoms with Gasteiger partial charge in [-0.3, -0.25) is 0 Å². The molecule has 0 aliphatic heterocycles. The molecule has 0 amide bonds. The molecule has 1 atom stereocenters. The maximum atomic E-state index is 9.07. The maximum absolute atomic E-state index is 9.07. The molecule has 2 heteroatoms. The lowest BCUT2D eigenvalue weighted by Crippen LogP contribution is -2.29. The van der Waals surface area contributed by atoms with Crippen LogP contribution in [0.2, 0.25) is 0 Å². The van der Waals surface area contributed by atoms with Gasteiger partial charge in [-0.2, -0.15) is 0 Å². The molecule has 0 heterocycles. The fourth-order valence-corrected chi connectivity index (χ4v) is 0.445. The van der Waals surface area contributed by atoms with Crippen molar-refractivity contribution < 1.29 is 5.11 Å². The van der Waals surface area contributed by atoms with Crippen LogP contribution >= 0.6 is 11.6 Å². The second kappa shape index (κ2) is 3.10. The highest BCUT2D eigenvalue weighted by molar-refractivity contribution is 6.18. The minimum absolute atomic E-state index is 0.365. The van der Waals surface area contributed by atoms with E-state index >= 15 is 0 Å². The number of aliphatic hydroxyl groups is 1. The summed E-state index contributed by atoms with van der Waals surface area (Å²) in [5.41, 5.74) is -0.365. The minimum atomic E-state index is -0.741. The zero-order valence-corrected chi connectivity index (χ0v) is 6.44. The van der Waals surface area contributed by atoms with E-state index in [9.17, 15) is 0 Å². The largest absolute Gasteiger partial charge is 0.380 e. The first-order chi connectivity index (χ1) is 4.04. The van der Waals surface area contributed by atoms with Gasteiger partial charge in [0, 0.05) is 11.3 Å². The normalized spacial score (nSPS) is 14.6. The van der Waals surface area contributed by atoms with Crippen LogP contribution in [-0.4, -0.2) is 17.1 Å². The quantitative estimate of drug-likeness (QED) is 0.459. The highest BCUT2D eigenvalue weighted by Gasteiger charge is 2.24. The van der Waals surface area contributed by atoms with E-state index in [1.165, 1.54) is 0 Å². The Morgan fingerprint density at radius 1 is 1.78 bits per heavy atom. The molecule has 1 N–H and O–H groups in total. The van der Waals surface area contributed by atoms with Crippen LogP contribution < -0.4 is 0 Å². The molecule has 0 saturated carbocycles. The van der Waals surface area contributed by atoms with E-state index in [0.29, 0.717) is 5.88 Å². The molecular weight excluding hydrogens is 136 g/mol. The number of alkyl halides is 1. The van der Waals surface area contributed by atoms with E-state index in [2.05, 4.69) is 5.92 Å². The number of aliphatic hydroxyl groups excluding tert-OH is 1. The summed E-state index contributed by atoms with van der Waals surface area (Å²) in [4.78, 5) is 0. The van der Waals surface area contributed by atoms with E-state index in [1.54, 1.807) is 0 Å². The van der Waals surface area contributed by atoms with Gasteiger partial charge in [0.05, 0.1) is 0 Å². The Morgan fingerprint density at radius 2 is 2.22 bits per heavy atom. The number of terminal acetylenes is 1. The maximum Gasteiger partial charge on any atom is 0.120 e. The van der Waals surface area contributed by atoms with Gasteiger partial charge in [-0.25, -0.2) is 0 Å². The van der Waals surface area contributed by atoms with Crippen LogP contribution in [0.1, 0.15) is 13.8 Å². The number of hydrogen-bond acceptors (Lipinski definition) is 1. The van der Waals surface area contributed by atoms with Gasteiger partial charge in [-0.05, 0) is 0 Å². The highest BCUT2D eigenvalue weighted by Crippen LogP contribution is 2.21. The molecule has 0 fully saturated rings. The molecule has 0 spiro atoms. The number of halogens is 1. The monoisotopic (exact) mass is 146 g/mol. The molecule has 0 saturated heterocycles. The molecular formula is C7H11ClO. The lowest BCUT2D eigenvalue weighted by Gasteiger charge is -2.23. The predicted molar refractivity (Wildman–Crippen MR) is 39.3 cm³/mol. The average molecular weight is 147 g/mol. The van der Waals surface area contributed by atoms with Gasteiger partial charge in [0.1, 0.15) is 6.10 Å². The van der Waals surface area contributed by atoms with Gasteiger partial charge in [0.2, 0.25) is 0 Å². The van der Waals surface area contributed by atoms with E-state index in [1.807, 2.05) is 13.8 Å². The average Bonchev–Trinajstić information content (AvgIpc) is 1.86. The Bertz CT molecular complexity index is 123. The van der Waals surface area contributed by atoms with Crippen molar-refractivity contribution >= 4 is 11.6 Å². The van der Waals surface area contributed by atoms with Crippen molar-refractivity contribution in [2.45, 2.75) is 20.0 Å². The van der Waals surface area contributed by atoms with E-state index in [-0.39, 0.29) is 5.41 Å². The lowest BCUT2D eigenvalue weighted by molar-refractivity contribution is 0.116. The fourth-order valence-electron chi connectivity index (χ4n) is 0.299. The third-order valence-corrected chi connectivity index (χ3v) is 1.93. The summed E-state index contributed by atoms with van der Waals surface area (Å²) in [7, 11) is 0. The van der Waals surface area contributed by atoms with Crippen molar-refractivity contribution in [1.29, 1.82) is 0 Å². The van der Waals surface area contributed by atoms with Crippen molar-refractivity contribution in [2.75, 3.05) is 5.88 Å². The van der Waals surface area contributed by atoms with Crippen LogP contribution in [0.15, 0.2) is 0 Å². The number of hydrogen-bond donors (Lipinski definition) is 1. The van der Waals surface area contributed by atoms with Gasteiger partial charge in [0.15, 0.2) is 0 Å². The van der Waals surface area contributed by atoms with Gasteiger partial charge < -0.3 is 5.11 Å². The molecule has 0 aromatic heterocycles. The van der Waals surface area contributed by atoms with Crippen molar-refractivity contribution in [3.8, 4) is 12.3 Å². The summed E-state index contributed by atoms with van der Waals surface area (Å²) in [6.07, 6.45) is 4.23. The molecule has 1 unspecified atom stereocenters. The third kappa shape index (κ3) is 2.26. The van der Waals surface area contributed by atoms with Crippen LogP contribution in [0.25, 0.3) is 0 Å². The zero-order chi connectivity index (χ0) is 7.49. The Hall–Kier alpha value is -0.190. The van der Waals surface area contributed by atoms with Gasteiger partial charge >= 0.3 is 0 Å². The van der Waals surface area contributed by atoms with Crippen molar-refractivity contribution in [2.24, 2.45) is 5.41 Å². The molecule has 0 radical (unpaired) electrons. The molecule has 0 aromatic rings. The number of rotatable bonds is 2. The van der Waals surface area contributed by atoms with Gasteiger partial charge in [0.25, 0.3) is 0 Å². The fraction of sp³-hybridized carbons (Fsp3) is 0.714. The van der Waals surface area contributed by atoms with Crippen LogP contribution in [0.4, 0.5) is 0 Å². The van der Waals surface area contributed by atoms with Crippen molar-refractivity contribution in [1.82, 2.24) is 0 Å². The first kappa shape index (κ1) is 8.81. The second-order valence-corrected chi connectivity index (χ2v) is 2.96. The second-order valence-electron chi connectivity index (χ2n) is 2.69. The van der Waals surface area contributed by atoms with Crippen LogP contribution in [-0.2, 0) is 0 Å². The Labute approximate surface area is 61.0 Å². The van der Waals surface area contributed by atoms with Gasteiger partial charge in [-0.15, -0.1) is 18.0 Å². The SMILES string of the molecule is C#CC(O)C(C)(C)CCl. The first-order valence-electron chi connectivity index (χ1n) is 2.75. The summed E-state index contributed by atoms with van der Waals surface area (Å²) < 4.78 is 0. The molecule has 0 bridgehead atoms. The van der Waals surface area contributed by atoms with Gasteiger partial charge in [-0.1, -0.05) is 19.8 Å². The molecule has 52 valence electrons. The summed E-state index contributed by atoms with van der Waals surface area (Å²) in [5.74, 6) is 2.60. The summed E-state index contributed by atoms with van der Waals surface area (Å²) >= 11 is 5.51. The Balaban J connectivity index is 4.01. The third-order valence-electron chi connectivity index (χ3n) is 1.24. The molecule has 0 aliphatic carbocycles. The van der Waals surface area contributed by atoms with E-state index in [4.69, 9.17) is 23.1 Å². The molecule has 9 heavy (non-hydrogen) atoms. The smallest absolute Gasteiger partial charge is 0.120 e. The molecule has 0 aromatic carbocycles. The summed E-state index contributed by atoms with van der Waals surface area (Å²) in [6, 6.07) is 0. The Morgan fingerprint density at radius 3 is 2.33 bits per heavy atom. The van der Waals surface area contributed by atoms with Crippen molar-refractivity contribution in [3.05, 3.63) is 0 Å². The van der Waals surface area contributed by atoms with Crippen LogP contribution in [0.5, 0.6) is 0 Å². The van der Waals surface area contributed by atoms with E-state index < -0.39 is 6.10 Å². The van der Waals surface area contributed by atoms with Crippen molar-refractivity contribution in [3.63, 3.8) is 0 Å². The zero-order valence-electron chi connectivity index (χ0n) is 5.69. The minimum Gasteiger partial charge on any atom is -0.380 e. The molecule has 0 aliphatic rings. The Kier molecular flexibility index (Phi) is 3.03. The summed E-state index contributed by atoms with van der Waals surface area (Å²) in [6.45, 7) is 3.65. The topological polar surface area (TPSA) is 20.2 Å². The summed E-state index contributed by atoms with van der Waals surface area (Å²) in [5, 5.41) is 9.07. The van der Waals surface area contributed by atoms with E-state index in [0.717, 1.165) is 0 Å².